The van der Waals surface area contributed by atoms with Crippen LogP contribution in [0.25, 0.3) is 22.4 Å². The fourth-order valence-corrected chi connectivity index (χ4v) is 6.37. The number of rotatable bonds is 7. The number of fused-ring (bicyclic) bond motifs is 1. The van der Waals surface area contributed by atoms with Crippen LogP contribution in [-0.2, 0) is 25.3 Å². The number of aryl methyl sites for hydroxylation is 2. The van der Waals surface area contributed by atoms with Crippen molar-refractivity contribution in [3.8, 4) is 28.3 Å². The van der Waals surface area contributed by atoms with Crippen molar-refractivity contribution in [2.45, 2.75) is 38.0 Å². The molecule has 3 heterocycles. The molecular formula is C32H33ClN6O6. The number of pyridine rings is 1. The van der Waals surface area contributed by atoms with Gasteiger partial charge in [0.05, 0.1) is 43.2 Å². The first kappa shape index (κ1) is 30.7. The second-order valence-electron chi connectivity index (χ2n) is 11.3. The Morgan fingerprint density at radius 3 is 2.58 bits per heavy atom. The van der Waals surface area contributed by atoms with Gasteiger partial charge in [-0.1, -0.05) is 41.9 Å². The lowest BCUT2D eigenvalue weighted by molar-refractivity contribution is 0.101. The Bertz CT molecular complexity index is 1940. The van der Waals surface area contributed by atoms with Crippen LogP contribution < -0.4 is 26.6 Å². The SMILES string of the molecule is COc1nc(-c2cccc(-c3cccc(NC(=O)c4nn(C)c(=O)n(C)c4=O)c3C)c2Cl)cc2c1C(NC1COCC1O)CC2. The predicted octanol–water partition coefficient (Wildman–Crippen LogP) is 2.77. The summed E-state index contributed by atoms with van der Waals surface area (Å²) in [6.45, 7) is 2.62. The average Bonchev–Trinajstić information content (AvgIpc) is 3.64. The predicted molar refractivity (Wildman–Crippen MR) is 169 cm³/mol. The molecule has 0 saturated carbocycles. The van der Waals surface area contributed by atoms with Crippen LogP contribution in [0.5, 0.6) is 5.88 Å². The minimum Gasteiger partial charge on any atom is -0.481 e. The van der Waals surface area contributed by atoms with Crippen LogP contribution in [0.15, 0.2) is 52.1 Å². The van der Waals surface area contributed by atoms with Crippen molar-refractivity contribution in [3.63, 3.8) is 0 Å². The maximum atomic E-state index is 13.1. The van der Waals surface area contributed by atoms with Crippen LogP contribution in [0.3, 0.4) is 0 Å². The van der Waals surface area contributed by atoms with Gasteiger partial charge in [-0.25, -0.2) is 14.5 Å². The third-order valence-corrected chi connectivity index (χ3v) is 8.91. The third kappa shape index (κ3) is 5.54. The van der Waals surface area contributed by atoms with Crippen molar-refractivity contribution in [2.24, 2.45) is 14.1 Å². The van der Waals surface area contributed by atoms with E-state index in [4.69, 9.17) is 26.1 Å². The molecule has 2 aromatic heterocycles. The van der Waals surface area contributed by atoms with Gasteiger partial charge >= 0.3 is 5.69 Å². The van der Waals surface area contributed by atoms with Gasteiger partial charge in [-0.2, -0.15) is 5.10 Å². The van der Waals surface area contributed by atoms with Gasteiger partial charge in [-0.05, 0) is 48.6 Å². The summed E-state index contributed by atoms with van der Waals surface area (Å²) in [6, 6.07) is 13.0. The van der Waals surface area contributed by atoms with E-state index in [0.29, 0.717) is 35.5 Å². The van der Waals surface area contributed by atoms with Crippen LogP contribution in [0.2, 0.25) is 5.02 Å². The number of nitrogens with zero attached hydrogens (tertiary/aromatic N) is 4. The Balaban J connectivity index is 1.32. The highest BCUT2D eigenvalue weighted by Crippen LogP contribution is 2.43. The van der Waals surface area contributed by atoms with Gasteiger partial charge in [0.25, 0.3) is 11.5 Å². The number of nitrogens with one attached hydrogen (secondary N) is 2. The third-order valence-electron chi connectivity index (χ3n) is 8.50. The molecule has 0 radical (unpaired) electrons. The second kappa shape index (κ2) is 12.2. The molecule has 1 aliphatic heterocycles. The molecule has 234 valence electrons. The number of hydrogen-bond donors (Lipinski definition) is 3. The number of carbonyl (C=O) groups is 1. The van der Waals surface area contributed by atoms with Crippen molar-refractivity contribution >= 4 is 23.2 Å². The molecule has 1 fully saturated rings. The zero-order valence-corrected chi connectivity index (χ0v) is 26.0. The summed E-state index contributed by atoms with van der Waals surface area (Å²) in [5.74, 6) is -0.227. The number of hydrogen-bond acceptors (Lipinski definition) is 9. The molecular weight excluding hydrogens is 600 g/mol. The van der Waals surface area contributed by atoms with Gasteiger partial charge in [0, 0.05) is 42.5 Å². The summed E-state index contributed by atoms with van der Waals surface area (Å²) in [6.07, 6.45) is 1.10. The number of aromatic nitrogens is 4. The summed E-state index contributed by atoms with van der Waals surface area (Å²) in [5.41, 5.74) is 4.34. The number of aliphatic hydroxyl groups excluding tert-OH is 1. The topological polar surface area (TPSA) is 150 Å². The molecule has 1 saturated heterocycles. The van der Waals surface area contributed by atoms with E-state index in [1.807, 2.05) is 37.3 Å². The normalized spacial score (nSPS) is 19.0. The maximum absolute atomic E-state index is 13.1. The van der Waals surface area contributed by atoms with Crippen LogP contribution in [-0.4, -0.2) is 62.8 Å². The van der Waals surface area contributed by atoms with E-state index in [9.17, 15) is 19.5 Å². The van der Waals surface area contributed by atoms with Gasteiger partial charge in [0.2, 0.25) is 11.6 Å². The van der Waals surface area contributed by atoms with Gasteiger partial charge in [0.15, 0.2) is 0 Å². The second-order valence-corrected chi connectivity index (χ2v) is 11.7. The molecule has 2 aromatic carbocycles. The zero-order valence-electron chi connectivity index (χ0n) is 25.3. The molecule has 2 aliphatic rings. The van der Waals surface area contributed by atoms with Crippen molar-refractivity contribution in [3.05, 3.63) is 90.7 Å². The zero-order chi connectivity index (χ0) is 32.0. The molecule has 6 rings (SSSR count). The minimum atomic E-state index is -0.787. The molecule has 0 spiro atoms. The van der Waals surface area contributed by atoms with E-state index in [-0.39, 0.29) is 12.1 Å². The fourth-order valence-electron chi connectivity index (χ4n) is 6.05. The quantitative estimate of drug-likeness (QED) is 0.280. The summed E-state index contributed by atoms with van der Waals surface area (Å²) in [7, 11) is 4.26. The molecule has 3 N–H and O–H groups in total. The smallest absolute Gasteiger partial charge is 0.346 e. The number of methoxy groups -OCH3 is 1. The average molecular weight is 633 g/mol. The molecule has 45 heavy (non-hydrogen) atoms. The van der Waals surface area contributed by atoms with Crippen molar-refractivity contribution < 1.29 is 19.4 Å². The van der Waals surface area contributed by atoms with Gasteiger partial charge < -0.3 is 25.2 Å². The molecule has 12 nitrogen and oxygen atoms in total. The van der Waals surface area contributed by atoms with E-state index in [1.165, 1.54) is 14.1 Å². The van der Waals surface area contributed by atoms with Crippen LogP contribution in [0, 0.1) is 6.92 Å². The van der Waals surface area contributed by atoms with Gasteiger partial charge in [-0.15, -0.1) is 0 Å². The van der Waals surface area contributed by atoms with Gasteiger partial charge in [0.1, 0.15) is 0 Å². The standard InChI is InChI=1S/C32H33ClN6O6/c1-16-18(7-6-10-21(16)35-29(41)28-31(42)38(2)32(43)39(3)37-28)19-8-5-9-20(27(19)33)23-13-17-11-12-22(26(17)30(36-23)44-4)34-24-14-45-15-25(24)40/h5-10,13,22,24-25,34,40H,11-12,14-15H2,1-4H3,(H,35,41). The Morgan fingerprint density at radius 2 is 1.84 bits per heavy atom. The van der Waals surface area contributed by atoms with Crippen molar-refractivity contribution in [1.82, 2.24) is 24.6 Å². The summed E-state index contributed by atoms with van der Waals surface area (Å²) in [4.78, 5) is 42.5. The largest absolute Gasteiger partial charge is 0.481 e. The number of carbonyl (C=O) groups excluding carboxylic acids is 1. The van der Waals surface area contributed by atoms with E-state index >= 15 is 0 Å². The minimum absolute atomic E-state index is 0.0172. The van der Waals surface area contributed by atoms with E-state index in [1.54, 1.807) is 19.2 Å². The number of benzene rings is 2. The van der Waals surface area contributed by atoms with Crippen LogP contribution >= 0.6 is 11.6 Å². The van der Waals surface area contributed by atoms with Gasteiger partial charge in [-0.3, -0.25) is 14.2 Å². The van der Waals surface area contributed by atoms with Crippen LogP contribution in [0.4, 0.5) is 5.69 Å². The summed E-state index contributed by atoms with van der Waals surface area (Å²) in [5, 5.41) is 20.9. The molecule has 13 heteroatoms. The molecule has 3 unspecified atom stereocenters. The first-order chi connectivity index (χ1) is 21.6. The molecule has 1 aliphatic carbocycles. The highest BCUT2D eigenvalue weighted by atomic mass is 35.5. The Kier molecular flexibility index (Phi) is 8.31. The molecule has 3 atom stereocenters. The monoisotopic (exact) mass is 632 g/mol. The first-order valence-electron chi connectivity index (χ1n) is 14.5. The van der Waals surface area contributed by atoms with E-state index in [0.717, 1.165) is 55.5 Å². The lowest BCUT2D eigenvalue weighted by Crippen LogP contribution is -2.43. The van der Waals surface area contributed by atoms with Crippen molar-refractivity contribution in [1.29, 1.82) is 0 Å². The lowest BCUT2D eigenvalue weighted by atomic mass is 9.96. The Labute approximate surface area is 263 Å². The fraction of sp³-hybridized carbons (Fsp3) is 0.344. The number of halogens is 1. The highest BCUT2D eigenvalue weighted by Gasteiger charge is 2.34. The lowest BCUT2D eigenvalue weighted by Gasteiger charge is -2.22. The number of aliphatic hydroxyl groups is 1. The Morgan fingerprint density at radius 1 is 1.11 bits per heavy atom. The molecule has 0 bridgehead atoms. The highest BCUT2D eigenvalue weighted by molar-refractivity contribution is 6.36. The number of ether oxygens (including phenoxy) is 2. The van der Waals surface area contributed by atoms with Crippen molar-refractivity contribution in [2.75, 3.05) is 25.6 Å². The Hall–Kier alpha value is -4.36. The number of amides is 1. The summed E-state index contributed by atoms with van der Waals surface area (Å²) >= 11 is 7.07. The van der Waals surface area contributed by atoms with Crippen LogP contribution in [0.1, 0.15) is 39.6 Å². The molecule has 4 aromatic rings. The van der Waals surface area contributed by atoms with E-state index < -0.39 is 29.0 Å². The maximum Gasteiger partial charge on any atom is 0.346 e. The first-order valence-corrected chi connectivity index (χ1v) is 14.9. The van der Waals surface area contributed by atoms with E-state index in [2.05, 4.69) is 15.7 Å². The number of anilines is 1. The summed E-state index contributed by atoms with van der Waals surface area (Å²) < 4.78 is 12.9. The molecule has 1 amide bonds.